The third kappa shape index (κ3) is 1.79. The van der Waals surface area contributed by atoms with Crippen LogP contribution in [0.25, 0.3) is 11.0 Å². The smallest absolute Gasteiger partial charge is 0.178 e. The first kappa shape index (κ1) is 11.9. The van der Waals surface area contributed by atoms with Crippen molar-refractivity contribution in [2.45, 2.75) is 39.7 Å². The molecule has 1 aliphatic rings. The maximum atomic E-state index is 13.5. The molecule has 2 nitrogen and oxygen atoms in total. The van der Waals surface area contributed by atoms with E-state index in [-0.39, 0.29) is 5.82 Å². The number of aryl methyl sites for hydroxylation is 1. The summed E-state index contributed by atoms with van der Waals surface area (Å²) in [6.07, 6.45) is 3.73. The van der Waals surface area contributed by atoms with Crippen molar-refractivity contribution in [3.63, 3.8) is 0 Å². The molecule has 0 radical (unpaired) electrons. The molecule has 18 heavy (non-hydrogen) atoms. The van der Waals surface area contributed by atoms with Gasteiger partial charge in [-0.15, -0.1) is 0 Å². The predicted octanol–water partition coefficient (Wildman–Crippen LogP) is 4.34. The molecule has 1 aliphatic carbocycles. The van der Waals surface area contributed by atoms with Crippen molar-refractivity contribution >= 4 is 23.3 Å². The van der Waals surface area contributed by atoms with E-state index in [0.717, 1.165) is 17.6 Å². The number of aromatic nitrogens is 2. The summed E-state index contributed by atoms with van der Waals surface area (Å²) in [5.74, 6) is -0.178. The summed E-state index contributed by atoms with van der Waals surface area (Å²) in [6.45, 7) is 4.98. The molecule has 1 N–H and O–H groups in total. The summed E-state index contributed by atoms with van der Waals surface area (Å²) in [6, 6.07) is 3.44. The van der Waals surface area contributed by atoms with Gasteiger partial charge in [0, 0.05) is 6.54 Å². The Morgan fingerprint density at radius 2 is 2.17 bits per heavy atom. The van der Waals surface area contributed by atoms with Crippen molar-refractivity contribution < 1.29 is 4.39 Å². The number of fused-ring (bicyclic) bond motifs is 1. The SMILES string of the molecule is CCC1(Cn2c(=S)[nH]c3cc(F)c(C)cc32)CC1. The van der Waals surface area contributed by atoms with Crippen LogP contribution in [0, 0.1) is 22.9 Å². The van der Waals surface area contributed by atoms with Gasteiger partial charge in [-0.2, -0.15) is 0 Å². The van der Waals surface area contributed by atoms with E-state index in [0.29, 0.717) is 15.7 Å². The number of rotatable bonds is 3. The quantitative estimate of drug-likeness (QED) is 0.818. The Morgan fingerprint density at radius 1 is 1.44 bits per heavy atom. The number of aromatic amines is 1. The van der Waals surface area contributed by atoms with E-state index in [2.05, 4.69) is 16.5 Å². The molecule has 0 unspecified atom stereocenters. The fourth-order valence-corrected chi connectivity index (χ4v) is 2.85. The molecule has 2 aromatic rings. The first-order valence-corrected chi connectivity index (χ1v) is 6.84. The highest BCUT2D eigenvalue weighted by molar-refractivity contribution is 7.71. The Hall–Kier alpha value is -1.16. The highest BCUT2D eigenvalue weighted by Gasteiger charge is 2.41. The van der Waals surface area contributed by atoms with Crippen LogP contribution in [0.4, 0.5) is 4.39 Å². The van der Waals surface area contributed by atoms with E-state index in [1.54, 1.807) is 13.0 Å². The van der Waals surface area contributed by atoms with Gasteiger partial charge in [0.05, 0.1) is 11.0 Å². The van der Waals surface area contributed by atoms with Gasteiger partial charge in [-0.1, -0.05) is 6.92 Å². The van der Waals surface area contributed by atoms with Gasteiger partial charge in [-0.3, -0.25) is 0 Å². The van der Waals surface area contributed by atoms with Crippen molar-refractivity contribution in [1.29, 1.82) is 0 Å². The molecule has 0 amide bonds. The van der Waals surface area contributed by atoms with Crippen LogP contribution in [0.5, 0.6) is 0 Å². The summed E-state index contributed by atoms with van der Waals surface area (Å²) in [7, 11) is 0. The maximum absolute atomic E-state index is 13.5. The van der Waals surface area contributed by atoms with E-state index in [9.17, 15) is 4.39 Å². The molecule has 0 saturated heterocycles. The summed E-state index contributed by atoms with van der Waals surface area (Å²) >= 11 is 5.37. The number of H-pyrrole nitrogens is 1. The van der Waals surface area contributed by atoms with E-state index in [1.165, 1.54) is 19.3 Å². The van der Waals surface area contributed by atoms with Crippen LogP contribution in [0.1, 0.15) is 31.7 Å². The lowest BCUT2D eigenvalue weighted by Crippen LogP contribution is -2.10. The van der Waals surface area contributed by atoms with Crippen LogP contribution >= 0.6 is 12.2 Å². The minimum atomic E-state index is -0.178. The van der Waals surface area contributed by atoms with Crippen LogP contribution < -0.4 is 0 Å². The first-order valence-electron chi connectivity index (χ1n) is 6.43. The molecule has 0 bridgehead atoms. The van der Waals surface area contributed by atoms with Gasteiger partial charge in [0.15, 0.2) is 4.77 Å². The second-order valence-electron chi connectivity index (χ2n) is 5.49. The summed E-state index contributed by atoms with van der Waals surface area (Å²) in [5.41, 5.74) is 2.93. The highest BCUT2D eigenvalue weighted by atomic mass is 32.1. The van der Waals surface area contributed by atoms with Crippen molar-refractivity contribution in [1.82, 2.24) is 9.55 Å². The number of nitrogens with zero attached hydrogens (tertiary/aromatic N) is 1. The number of hydrogen-bond acceptors (Lipinski definition) is 1. The third-order valence-electron chi connectivity index (χ3n) is 4.26. The largest absolute Gasteiger partial charge is 0.330 e. The first-order chi connectivity index (χ1) is 8.54. The zero-order valence-corrected chi connectivity index (χ0v) is 11.5. The molecule has 1 fully saturated rings. The van der Waals surface area contributed by atoms with Gasteiger partial charge >= 0.3 is 0 Å². The molecular formula is C14H17FN2S. The lowest BCUT2D eigenvalue weighted by molar-refractivity contribution is 0.412. The van der Waals surface area contributed by atoms with Crippen LogP contribution in [-0.4, -0.2) is 9.55 Å². The molecule has 3 rings (SSSR count). The second kappa shape index (κ2) is 3.92. The van der Waals surface area contributed by atoms with Crippen LogP contribution in [0.15, 0.2) is 12.1 Å². The van der Waals surface area contributed by atoms with Crippen LogP contribution in [0.3, 0.4) is 0 Å². The Bertz CT molecular complexity index is 664. The summed E-state index contributed by atoms with van der Waals surface area (Å²) in [4.78, 5) is 3.11. The molecule has 1 saturated carbocycles. The second-order valence-corrected chi connectivity index (χ2v) is 5.88. The highest BCUT2D eigenvalue weighted by Crippen LogP contribution is 2.50. The topological polar surface area (TPSA) is 20.7 Å². The van der Waals surface area contributed by atoms with Crippen molar-refractivity contribution in [2.24, 2.45) is 5.41 Å². The van der Waals surface area contributed by atoms with Gasteiger partial charge in [0.2, 0.25) is 0 Å². The van der Waals surface area contributed by atoms with E-state index in [4.69, 9.17) is 12.2 Å². The fourth-order valence-electron chi connectivity index (χ4n) is 2.57. The average Bonchev–Trinajstić information content (AvgIpc) is 3.05. The maximum Gasteiger partial charge on any atom is 0.178 e. The number of halogens is 1. The molecule has 4 heteroatoms. The standard InChI is InChI=1S/C14H17FN2S/c1-3-14(4-5-14)8-17-12-6-9(2)10(15)7-11(12)16-13(17)18/h6-7H,3-5,8H2,1-2H3,(H,16,18). The van der Waals surface area contributed by atoms with Gasteiger partial charge in [-0.05, 0) is 61.5 Å². The molecule has 0 atom stereocenters. The van der Waals surface area contributed by atoms with Crippen LogP contribution in [-0.2, 0) is 6.54 Å². The van der Waals surface area contributed by atoms with Crippen molar-refractivity contribution in [3.8, 4) is 0 Å². The van der Waals surface area contributed by atoms with Crippen molar-refractivity contribution in [2.75, 3.05) is 0 Å². The zero-order chi connectivity index (χ0) is 12.9. The molecule has 0 aliphatic heterocycles. The summed E-state index contributed by atoms with van der Waals surface area (Å²) < 4.78 is 16.4. The minimum Gasteiger partial charge on any atom is -0.330 e. The predicted molar refractivity (Wildman–Crippen MR) is 73.8 cm³/mol. The molecule has 1 aromatic carbocycles. The fraction of sp³-hybridized carbons (Fsp3) is 0.500. The number of benzene rings is 1. The van der Waals surface area contributed by atoms with Crippen molar-refractivity contribution in [3.05, 3.63) is 28.3 Å². The zero-order valence-electron chi connectivity index (χ0n) is 10.7. The van der Waals surface area contributed by atoms with E-state index >= 15 is 0 Å². The van der Waals surface area contributed by atoms with Gasteiger partial charge in [0.1, 0.15) is 5.82 Å². The molecule has 96 valence electrons. The molecule has 1 aromatic heterocycles. The number of nitrogens with one attached hydrogen (secondary N) is 1. The average molecular weight is 264 g/mol. The van der Waals surface area contributed by atoms with Crippen LogP contribution in [0.2, 0.25) is 0 Å². The minimum absolute atomic E-state index is 0.178. The molecule has 0 spiro atoms. The number of hydrogen-bond donors (Lipinski definition) is 1. The Balaban J connectivity index is 2.13. The number of imidazole rings is 1. The van der Waals surface area contributed by atoms with E-state index < -0.39 is 0 Å². The van der Waals surface area contributed by atoms with E-state index in [1.807, 2.05) is 6.07 Å². The van der Waals surface area contributed by atoms with Gasteiger partial charge < -0.3 is 9.55 Å². The normalized spacial score (nSPS) is 17.3. The lowest BCUT2D eigenvalue weighted by Gasteiger charge is -2.14. The van der Waals surface area contributed by atoms with Gasteiger partial charge in [-0.25, -0.2) is 4.39 Å². The Kier molecular flexibility index (Phi) is 2.59. The molecular weight excluding hydrogens is 247 g/mol. The van der Waals surface area contributed by atoms with Gasteiger partial charge in [0.25, 0.3) is 0 Å². The monoisotopic (exact) mass is 264 g/mol. The Morgan fingerprint density at radius 3 is 2.78 bits per heavy atom. The third-order valence-corrected chi connectivity index (χ3v) is 4.58. The summed E-state index contributed by atoms with van der Waals surface area (Å²) in [5, 5.41) is 0. The lowest BCUT2D eigenvalue weighted by atomic mass is 10.0. The molecule has 1 heterocycles. The Labute approximate surface area is 111 Å².